The molecule has 0 saturated carbocycles. The van der Waals surface area contributed by atoms with Gasteiger partial charge in [-0.2, -0.15) is 8.42 Å². The van der Waals surface area contributed by atoms with E-state index in [9.17, 15) is 4.79 Å². The first-order valence-corrected chi connectivity index (χ1v) is 11.2. The van der Waals surface area contributed by atoms with Crippen molar-refractivity contribution in [2.75, 3.05) is 13.2 Å². The number of hydrogen-bond acceptors (Lipinski definition) is 7. The van der Waals surface area contributed by atoms with Crippen LogP contribution in [0.2, 0.25) is 0 Å². The highest BCUT2D eigenvalue weighted by molar-refractivity contribution is 7.79. The van der Waals surface area contributed by atoms with Crippen LogP contribution in [-0.4, -0.2) is 57.0 Å². The van der Waals surface area contributed by atoms with Crippen LogP contribution in [0.4, 0.5) is 5.69 Å². The maximum atomic E-state index is 11.5. The summed E-state index contributed by atoms with van der Waals surface area (Å²) < 4.78 is 39.6. The van der Waals surface area contributed by atoms with Crippen LogP contribution in [0.3, 0.4) is 0 Å². The van der Waals surface area contributed by atoms with Crippen LogP contribution in [0, 0.1) is 0 Å². The Morgan fingerprint density at radius 3 is 2.65 bits per heavy atom. The molecule has 0 bridgehead atoms. The van der Waals surface area contributed by atoms with E-state index < -0.39 is 10.4 Å². The Bertz CT molecular complexity index is 1010. The highest BCUT2D eigenvalue weighted by atomic mass is 32.3. The van der Waals surface area contributed by atoms with E-state index in [2.05, 4.69) is 19.9 Å². The molecule has 1 amide bonds. The number of carbonyl (C=O) groups excluding carboxylic acids is 1. The van der Waals surface area contributed by atoms with Crippen molar-refractivity contribution in [2.24, 2.45) is 4.99 Å². The topological polar surface area (TPSA) is 146 Å². The van der Waals surface area contributed by atoms with Crippen LogP contribution >= 0.6 is 0 Å². The van der Waals surface area contributed by atoms with E-state index in [1.165, 1.54) is 6.42 Å². The molecule has 1 fully saturated rings. The van der Waals surface area contributed by atoms with Crippen molar-refractivity contribution in [1.82, 2.24) is 19.8 Å². The molecule has 11 nitrogen and oxygen atoms in total. The van der Waals surface area contributed by atoms with E-state index in [1.54, 1.807) is 0 Å². The van der Waals surface area contributed by atoms with Crippen molar-refractivity contribution < 1.29 is 27.1 Å². The summed E-state index contributed by atoms with van der Waals surface area (Å²) in [6, 6.07) is 5.95. The second-order valence-corrected chi connectivity index (χ2v) is 8.04. The first-order chi connectivity index (χ1) is 14.8. The largest absolute Gasteiger partial charge is 0.494 e. The Morgan fingerprint density at radius 1 is 1.13 bits per heavy atom. The normalized spacial score (nSPS) is 14.7. The molecule has 4 rings (SSSR count). The SMILES string of the molecule is O=C1CN2Cc3cc(OCCCCCCn4ccnc4)ccc3N=C2N1.O=S(=O)(O)O. The van der Waals surface area contributed by atoms with Crippen LogP contribution in [0.15, 0.2) is 41.9 Å². The molecule has 12 heteroatoms. The van der Waals surface area contributed by atoms with Gasteiger partial charge in [0, 0.05) is 31.0 Å². The third-order valence-corrected chi connectivity index (χ3v) is 4.66. The molecule has 1 aromatic heterocycles. The molecular weight excluding hydrogens is 426 g/mol. The zero-order chi connectivity index (χ0) is 22.3. The average molecular weight is 452 g/mol. The number of nitrogens with one attached hydrogen (secondary N) is 1. The number of guanidine groups is 1. The van der Waals surface area contributed by atoms with Gasteiger partial charge in [0.25, 0.3) is 0 Å². The smallest absolute Gasteiger partial charge is 0.394 e. The third-order valence-electron chi connectivity index (χ3n) is 4.66. The summed E-state index contributed by atoms with van der Waals surface area (Å²) in [5, 5.41) is 2.78. The number of aromatic nitrogens is 2. The predicted octanol–water partition coefficient (Wildman–Crippen LogP) is 1.80. The number of fused-ring (bicyclic) bond motifs is 2. The Labute approximate surface area is 180 Å². The Balaban J connectivity index is 0.000000491. The van der Waals surface area contributed by atoms with E-state index >= 15 is 0 Å². The zero-order valence-electron chi connectivity index (χ0n) is 16.8. The lowest BCUT2D eigenvalue weighted by atomic mass is 10.1. The van der Waals surface area contributed by atoms with Gasteiger partial charge in [0.1, 0.15) is 12.3 Å². The molecule has 0 aliphatic carbocycles. The van der Waals surface area contributed by atoms with E-state index in [4.69, 9.17) is 22.3 Å². The molecule has 2 aromatic rings. The van der Waals surface area contributed by atoms with Crippen molar-refractivity contribution in [3.8, 4) is 5.75 Å². The van der Waals surface area contributed by atoms with Crippen molar-refractivity contribution in [3.63, 3.8) is 0 Å². The highest BCUT2D eigenvalue weighted by Crippen LogP contribution is 2.30. The van der Waals surface area contributed by atoms with Crippen LogP contribution in [0.5, 0.6) is 5.75 Å². The van der Waals surface area contributed by atoms with E-state index in [0.29, 0.717) is 19.0 Å². The van der Waals surface area contributed by atoms with Gasteiger partial charge in [0.05, 0.1) is 18.6 Å². The quantitative estimate of drug-likeness (QED) is 0.407. The summed E-state index contributed by atoms with van der Waals surface area (Å²) in [6.07, 6.45) is 10.2. The maximum Gasteiger partial charge on any atom is 0.394 e. The minimum atomic E-state index is -4.67. The number of nitrogens with zero attached hydrogens (tertiary/aromatic N) is 4. The fourth-order valence-electron chi connectivity index (χ4n) is 3.29. The summed E-state index contributed by atoms with van der Waals surface area (Å²) in [7, 11) is -4.67. The monoisotopic (exact) mass is 451 g/mol. The first-order valence-electron chi connectivity index (χ1n) is 9.83. The number of aryl methyl sites for hydroxylation is 1. The Hall–Kier alpha value is -2.96. The van der Waals surface area contributed by atoms with Crippen LogP contribution in [0.25, 0.3) is 0 Å². The lowest BCUT2D eigenvalue weighted by molar-refractivity contribution is -0.118. The van der Waals surface area contributed by atoms with Crippen LogP contribution in [-0.2, 0) is 28.3 Å². The summed E-state index contributed by atoms with van der Waals surface area (Å²) in [5.74, 6) is 1.53. The van der Waals surface area contributed by atoms with Gasteiger partial charge in [-0.3, -0.25) is 19.2 Å². The molecule has 1 saturated heterocycles. The standard InChI is InChI=1S/C19H23N5O2.H2O4S/c25-18-13-24-12-15-11-16(5-6-17(15)21-19(24)22-18)26-10-4-2-1-3-8-23-9-7-20-14-23;1-5(2,3)4/h5-7,9,11,14H,1-4,8,10,12-13H2,(H,21,22,25);(H2,1,2,3,4). The molecular formula is C19H25N5O6S. The van der Waals surface area contributed by atoms with E-state index in [0.717, 1.165) is 49.4 Å². The van der Waals surface area contributed by atoms with Gasteiger partial charge in [-0.25, -0.2) is 9.98 Å². The van der Waals surface area contributed by atoms with Gasteiger partial charge in [-0.15, -0.1) is 0 Å². The Morgan fingerprint density at radius 2 is 1.90 bits per heavy atom. The number of carbonyl (C=O) groups is 1. The van der Waals surface area contributed by atoms with E-state index in [-0.39, 0.29) is 5.91 Å². The molecule has 0 radical (unpaired) electrons. The number of ether oxygens (including phenoxy) is 1. The summed E-state index contributed by atoms with van der Waals surface area (Å²) in [5.41, 5.74) is 2.01. The predicted molar refractivity (Wildman–Crippen MR) is 112 cm³/mol. The van der Waals surface area contributed by atoms with Gasteiger partial charge >= 0.3 is 10.4 Å². The van der Waals surface area contributed by atoms with Crippen molar-refractivity contribution in [1.29, 1.82) is 0 Å². The van der Waals surface area contributed by atoms with Gasteiger partial charge in [0.2, 0.25) is 11.9 Å². The molecule has 0 spiro atoms. The fourth-order valence-corrected chi connectivity index (χ4v) is 3.29. The Kier molecular flexibility index (Phi) is 7.60. The number of unbranched alkanes of at least 4 members (excludes halogenated alkanes) is 3. The molecule has 0 atom stereocenters. The second kappa shape index (κ2) is 10.4. The molecule has 0 unspecified atom stereocenters. The van der Waals surface area contributed by atoms with Crippen molar-refractivity contribution in [3.05, 3.63) is 42.5 Å². The maximum absolute atomic E-state index is 11.5. The third kappa shape index (κ3) is 7.66. The number of amides is 1. The molecule has 168 valence electrons. The molecule has 31 heavy (non-hydrogen) atoms. The van der Waals surface area contributed by atoms with Crippen molar-refractivity contribution in [2.45, 2.75) is 38.8 Å². The zero-order valence-corrected chi connectivity index (χ0v) is 17.7. The lowest BCUT2D eigenvalue weighted by Crippen LogP contribution is -2.31. The number of hydrogen-bond donors (Lipinski definition) is 3. The molecule has 3 N–H and O–H groups in total. The summed E-state index contributed by atoms with van der Waals surface area (Å²) in [4.78, 5) is 22.0. The van der Waals surface area contributed by atoms with Crippen LogP contribution < -0.4 is 10.1 Å². The molecule has 1 aromatic carbocycles. The number of benzene rings is 1. The summed E-state index contributed by atoms with van der Waals surface area (Å²) in [6.45, 7) is 2.82. The number of rotatable bonds is 8. The lowest BCUT2D eigenvalue weighted by Gasteiger charge is -2.23. The van der Waals surface area contributed by atoms with E-state index in [1.807, 2.05) is 41.8 Å². The minimum absolute atomic E-state index is 0.000989. The average Bonchev–Trinajstić information content (AvgIpc) is 3.32. The second-order valence-electron chi connectivity index (χ2n) is 7.14. The van der Waals surface area contributed by atoms with Gasteiger partial charge in [0.15, 0.2) is 0 Å². The van der Waals surface area contributed by atoms with Crippen molar-refractivity contribution >= 4 is 28.0 Å². The number of aliphatic imine (C=N–C) groups is 1. The van der Waals surface area contributed by atoms with Gasteiger partial charge in [-0.1, -0.05) is 12.8 Å². The first kappa shape index (κ1) is 22.7. The highest BCUT2D eigenvalue weighted by Gasteiger charge is 2.29. The number of imidazole rings is 1. The fraction of sp³-hybridized carbons (Fsp3) is 0.421. The van der Waals surface area contributed by atoms with Crippen LogP contribution in [0.1, 0.15) is 31.2 Å². The van der Waals surface area contributed by atoms with Gasteiger partial charge in [-0.05, 0) is 31.0 Å². The molecule has 2 aliphatic rings. The summed E-state index contributed by atoms with van der Waals surface area (Å²) >= 11 is 0. The molecule has 3 heterocycles. The minimum Gasteiger partial charge on any atom is -0.494 e. The molecule has 2 aliphatic heterocycles. The van der Waals surface area contributed by atoms with Gasteiger partial charge < -0.3 is 14.2 Å².